The lowest BCUT2D eigenvalue weighted by molar-refractivity contribution is 0.462. The zero-order valence-electron chi connectivity index (χ0n) is 16.7. The maximum absolute atomic E-state index is 4.76. The van der Waals surface area contributed by atoms with Crippen LogP contribution in [0.5, 0.6) is 0 Å². The van der Waals surface area contributed by atoms with E-state index in [4.69, 9.17) is 4.99 Å². The number of benzene rings is 1. The number of guanidine groups is 1. The third-order valence-corrected chi connectivity index (χ3v) is 5.96. The third-order valence-electron chi connectivity index (χ3n) is 5.03. The first kappa shape index (κ1) is 19.4. The van der Waals surface area contributed by atoms with Crippen molar-refractivity contribution in [3.05, 3.63) is 60.0 Å². The van der Waals surface area contributed by atoms with Gasteiger partial charge in [0, 0.05) is 31.4 Å². The Hall–Kier alpha value is -2.87. The van der Waals surface area contributed by atoms with Crippen molar-refractivity contribution in [2.75, 3.05) is 24.5 Å². The molecule has 7 nitrogen and oxygen atoms in total. The SMILES string of the molecule is CCNC(=NCc1nncn1-c1ccccc1)NC1CCN(c2cccs2)CC1. The Balaban J connectivity index is 1.37. The molecule has 0 amide bonds. The minimum atomic E-state index is 0.427. The van der Waals surface area contributed by atoms with Gasteiger partial charge >= 0.3 is 0 Å². The normalized spacial score (nSPS) is 15.5. The Labute approximate surface area is 175 Å². The predicted octanol–water partition coefficient (Wildman–Crippen LogP) is 3.05. The first-order valence-electron chi connectivity index (χ1n) is 10.1. The van der Waals surface area contributed by atoms with Gasteiger partial charge in [0.15, 0.2) is 11.8 Å². The van der Waals surface area contributed by atoms with Crippen molar-refractivity contribution in [2.24, 2.45) is 4.99 Å². The van der Waals surface area contributed by atoms with Crippen LogP contribution in [0.15, 0.2) is 59.2 Å². The maximum atomic E-state index is 4.76. The molecule has 0 radical (unpaired) electrons. The molecule has 2 N–H and O–H groups in total. The molecular weight excluding hydrogens is 382 g/mol. The molecular formula is C21H27N7S. The van der Waals surface area contributed by atoms with Crippen molar-refractivity contribution < 1.29 is 0 Å². The molecule has 4 rings (SSSR count). The van der Waals surface area contributed by atoms with Crippen LogP contribution in [0.1, 0.15) is 25.6 Å². The molecule has 8 heteroatoms. The maximum Gasteiger partial charge on any atom is 0.191 e. The van der Waals surface area contributed by atoms with Gasteiger partial charge in [-0.15, -0.1) is 21.5 Å². The van der Waals surface area contributed by atoms with Crippen LogP contribution in [0, 0.1) is 0 Å². The van der Waals surface area contributed by atoms with Gasteiger partial charge in [-0.05, 0) is 49.4 Å². The number of thiophene rings is 1. The summed E-state index contributed by atoms with van der Waals surface area (Å²) in [6, 6.07) is 14.9. The van der Waals surface area contributed by atoms with Crippen LogP contribution in [0.25, 0.3) is 5.69 Å². The van der Waals surface area contributed by atoms with Crippen molar-refractivity contribution >= 4 is 22.3 Å². The minimum Gasteiger partial charge on any atom is -0.363 e. The summed E-state index contributed by atoms with van der Waals surface area (Å²) < 4.78 is 1.98. The lowest BCUT2D eigenvalue weighted by Gasteiger charge is -2.33. The highest BCUT2D eigenvalue weighted by Gasteiger charge is 2.20. The van der Waals surface area contributed by atoms with Crippen molar-refractivity contribution in [2.45, 2.75) is 32.4 Å². The summed E-state index contributed by atoms with van der Waals surface area (Å²) in [6.07, 6.45) is 3.94. The molecule has 1 fully saturated rings. The quantitative estimate of drug-likeness (QED) is 0.484. The van der Waals surface area contributed by atoms with E-state index < -0.39 is 0 Å². The number of nitrogens with one attached hydrogen (secondary N) is 2. The van der Waals surface area contributed by atoms with Gasteiger partial charge in [-0.3, -0.25) is 4.57 Å². The summed E-state index contributed by atoms with van der Waals surface area (Å²) in [5.41, 5.74) is 1.04. The van der Waals surface area contributed by atoms with Crippen LogP contribution in [0.2, 0.25) is 0 Å². The summed E-state index contributed by atoms with van der Waals surface area (Å²) in [7, 11) is 0. The van der Waals surface area contributed by atoms with Crippen LogP contribution in [-0.4, -0.2) is 46.4 Å². The zero-order valence-corrected chi connectivity index (χ0v) is 17.5. The number of anilines is 1. The van der Waals surface area contributed by atoms with Crippen molar-refractivity contribution in [3.8, 4) is 5.69 Å². The molecule has 0 spiro atoms. The average molecular weight is 410 g/mol. The molecule has 0 unspecified atom stereocenters. The van der Waals surface area contributed by atoms with E-state index in [0.717, 1.165) is 49.9 Å². The van der Waals surface area contributed by atoms with E-state index in [1.165, 1.54) is 5.00 Å². The molecule has 152 valence electrons. The number of rotatable bonds is 6. The van der Waals surface area contributed by atoms with Gasteiger partial charge in [-0.1, -0.05) is 18.2 Å². The fourth-order valence-electron chi connectivity index (χ4n) is 3.53. The second-order valence-electron chi connectivity index (χ2n) is 7.00. The predicted molar refractivity (Wildman–Crippen MR) is 119 cm³/mol. The van der Waals surface area contributed by atoms with E-state index in [0.29, 0.717) is 12.6 Å². The van der Waals surface area contributed by atoms with E-state index in [2.05, 4.69) is 50.2 Å². The summed E-state index contributed by atoms with van der Waals surface area (Å²) >= 11 is 1.81. The first-order chi connectivity index (χ1) is 14.3. The molecule has 0 aliphatic carbocycles. The highest BCUT2D eigenvalue weighted by atomic mass is 32.1. The van der Waals surface area contributed by atoms with E-state index in [1.807, 2.05) is 46.2 Å². The number of hydrogen-bond donors (Lipinski definition) is 2. The fourth-order valence-corrected chi connectivity index (χ4v) is 4.31. The van der Waals surface area contributed by atoms with Gasteiger partial charge < -0.3 is 15.5 Å². The van der Waals surface area contributed by atoms with Crippen LogP contribution < -0.4 is 15.5 Å². The van der Waals surface area contributed by atoms with Crippen LogP contribution >= 0.6 is 11.3 Å². The summed E-state index contributed by atoms with van der Waals surface area (Å²) in [5.74, 6) is 1.66. The molecule has 1 aliphatic heterocycles. The summed E-state index contributed by atoms with van der Waals surface area (Å²) in [4.78, 5) is 7.23. The number of piperidine rings is 1. The van der Waals surface area contributed by atoms with Crippen molar-refractivity contribution in [3.63, 3.8) is 0 Å². The Morgan fingerprint density at radius 3 is 2.72 bits per heavy atom. The molecule has 0 atom stereocenters. The smallest absolute Gasteiger partial charge is 0.191 e. The molecule has 1 aromatic carbocycles. The number of nitrogens with zero attached hydrogens (tertiary/aromatic N) is 5. The van der Waals surface area contributed by atoms with Gasteiger partial charge in [0.2, 0.25) is 0 Å². The Kier molecular flexibility index (Phi) is 6.41. The van der Waals surface area contributed by atoms with E-state index in [9.17, 15) is 0 Å². The van der Waals surface area contributed by atoms with Gasteiger partial charge in [0.25, 0.3) is 0 Å². The topological polar surface area (TPSA) is 70.4 Å². The Morgan fingerprint density at radius 2 is 2.00 bits per heavy atom. The van der Waals surface area contributed by atoms with Crippen LogP contribution in [0.4, 0.5) is 5.00 Å². The molecule has 1 saturated heterocycles. The second kappa shape index (κ2) is 9.56. The molecule has 0 saturated carbocycles. The number of hydrogen-bond acceptors (Lipinski definition) is 5. The summed E-state index contributed by atoms with van der Waals surface area (Å²) in [5, 5.41) is 18.8. The van der Waals surface area contributed by atoms with Crippen molar-refractivity contribution in [1.82, 2.24) is 25.4 Å². The van der Waals surface area contributed by atoms with E-state index >= 15 is 0 Å². The minimum absolute atomic E-state index is 0.427. The van der Waals surface area contributed by atoms with Crippen LogP contribution in [0.3, 0.4) is 0 Å². The Bertz CT molecular complexity index is 896. The lowest BCUT2D eigenvalue weighted by Crippen LogP contribution is -2.48. The van der Waals surface area contributed by atoms with Gasteiger partial charge in [0.05, 0.1) is 5.00 Å². The van der Waals surface area contributed by atoms with Gasteiger partial charge in [-0.25, -0.2) is 4.99 Å². The fraction of sp³-hybridized carbons (Fsp3) is 0.381. The van der Waals surface area contributed by atoms with Crippen molar-refractivity contribution in [1.29, 1.82) is 0 Å². The molecule has 2 aromatic heterocycles. The zero-order chi connectivity index (χ0) is 19.9. The summed E-state index contributed by atoms with van der Waals surface area (Å²) in [6.45, 7) is 5.52. The highest BCUT2D eigenvalue weighted by molar-refractivity contribution is 7.14. The van der Waals surface area contributed by atoms with Gasteiger partial charge in [0.1, 0.15) is 12.9 Å². The number of aromatic nitrogens is 3. The molecule has 1 aliphatic rings. The average Bonchev–Trinajstić information content (AvgIpc) is 3.46. The molecule has 0 bridgehead atoms. The molecule has 3 heterocycles. The van der Waals surface area contributed by atoms with E-state index in [1.54, 1.807) is 6.33 Å². The standard InChI is InChI=1S/C21H27N7S/c1-2-22-21(25-17-10-12-27(13-11-17)20-9-6-14-29-20)23-15-19-26-24-16-28(19)18-7-4-3-5-8-18/h3-9,14,16-17H,2,10-13,15H2,1H3,(H2,22,23,25). The Morgan fingerprint density at radius 1 is 1.17 bits per heavy atom. The first-order valence-corrected chi connectivity index (χ1v) is 11.0. The second-order valence-corrected chi connectivity index (χ2v) is 7.93. The third kappa shape index (κ3) is 4.95. The molecule has 29 heavy (non-hydrogen) atoms. The number of aliphatic imine (C=N–C) groups is 1. The number of para-hydroxylation sites is 1. The van der Waals surface area contributed by atoms with Gasteiger partial charge in [-0.2, -0.15) is 0 Å². The lowest BCUT2D eigenvalue weighted by atomic mass is 10.1. The van der Waals surface area contributed by atoms with E-state index in [-0.39, 0.29) is 0 Å². The monoisotopic (exact) mass is 409 g/mol. The van der Waals surface area contributed by atoms with Crippen LogP contribution in [-0.2, 0) is 6.54 Å². The molecule has 3 aromatic rings. The highest BCUT2D eigenvalue weighted by Crippen LogP contribution is 2.24. The largest absolute Gasteiger partial charge is 0.363 e.